The lowest BCUT2D eigenvalue weighted by atomic mass is 10.3. The Hall–Kier alpha value is -0.790. The highest BCUT2D eigenvalue weighted by atomic mass is 16.5. The van der Waals surface area contributed by atoms with Gasteiger partial charge in [0.1, 0.15) is 0 Å². The van der Waals surface area contributed by atoms with E-state index in [1.807, 2.05) is 0 Å². The van der Waals surface area contributed by atoms with Gasteiger partial charge in [-0.3, -0.25) is 0 Å². The topological polar surface area (TPSA) is 26.3 Å². The molecule has 0 bridgehead atoms. The molecule has 13 heavy (non-hydrogen) atoms. The maximum atomic E-state index is 10.1. The summed E-state index contributed by atoms with van der Waals surface area (Å²) in [6.45, 7) is 5.38. The van der Waals surface area contributed by atoms with Crippen LogP contribution in [0.3, 0.4) is 0 Å². The number of fused-ring (bicyclic) bond motifs is 1. The zero-order chi connectivity index (χ0) is 9.68. The molecule has 0 aliphatic heterocycles. The molecule has 2 nitrogen and oxygen atoms in total. The Balaban J connectivity index is 0.000000130. The summed E-state index contributed by atoms with van der Waals surface area (Å²) in [5.74, 6) is 2.07. The van der Waals surface area contributed by atoms with E-state index >= 15 is 0 Å². The second kappa shape index (κ2) is 5.05. The summed E-state index contributed by atoms with van der Waals surface area (Å²) < 4.78 is 4.43. The van der Waals surface area contributed by atoms with Crippen LogP contribution in [0.2, 0.25) is 0 Å². The lowest BCUT2D eigenvalue weighted by Gasteiger charge is -1.90. The van der Waals surface area contributed by atoms with Gasteiger partial charge in [-0.2, -0.15) is 0 Å². The van der Waals surface area contributed by atoms with E-state index in [4.69, 9.17) is 0 Å². The average molecular weight is 182 g/mol. The molecule has 0 aromatic rings. The van der Waals surface area contributed by atoms with E-state index in [0.717, 1.165) is 6.08 Å². The third-order valence-corrected chi connectivity index (χ3v) is 2.67. The maximum absolute atomic E-state index is 10.1. The van der Waals surface area contributed by atoms with E-state index in [-0.39, 0.29) is 5.97 Å². The van der Waals surface area contributed by atoms with Crippen molar-refractivity contribution in [3.63, 3.8) is 0 Å². The summed E-state index contributed by atoms with van der Waals surface area (Å²) >= 11 is 0. The van der Waals surface area contributed by atoms with E-state index < -0.39 is 0 Å². The molecule has 0 heterocycles. The number of hydrogen-bond donors (Lipinski definition) is 0. The first-order valence-electron chi connectivity index (χ1n) is 5.07. The lowest BCUT2D eigenvalue weighted by Crippen LogP contribution is -1.97. The van der Waals surface area contributed by atoms with Crippen LogP contribution in [0.4, 0.5) is 0 Å². The van der Waals surface area contributed by atoms with Gasteiger partial charge in [0, 0.05) is 6.08 Å². The molecule has 0 spiro atoms. The summed E-state index contributed by atoms with van der Waals surface area (Å²) in [6, 6.07) is 0. The van der Waals surface area contributed by atoms with Gasteiger partial charge < -0.3 is 4.74 Å². The summed E-state index contributed by atoms with van der Waals surface area (Å²) in [5, 5.41) is 0. The molecule has 0 radical (unpaired) electrons. The van der Waals surface area contributed by atoms with Crippen molar-refractivity contribution in [1.82, 2.24) is 0 Å². The SMILES string of the molecule is C1CC2CC2C1.C=CC(=O)OCC. The molecule has 74 valence electrons. The van der Waals surface area contributed by atoms with Crippen molar-refractivity contribution in [2.24, 2.45) is 11.8 Å². The molecule has 2 heteroatoms. The van der Waals surface area contributed by atoms with E-state index in [0.29, 0.717) is 6.61 Å². The second-order valence-corrected chi connectivity index (χ2v) is 3.64. The van der Waals surface area contributed by atoms with Gasteiger partial charge in [0.15, 0.2) is 0 Å². The van der Waals surface area contributed by atoms with Crippen LogP contribution in [0.25, 0.3) is 0 Å². The Morgan fingerprint density at radius 3 is 2.31 bits per heavy atom. The monoisotopic (exact) mass is 182 g/mol. The van der Waals surface area contributed by atoms with E-state index in [1.165, 1.54) is 18.3 Å². The van der Waals surface area contributed by atoms with Crippen molar-refractivity contribution in [3.8, 4) is 0 Å². The van der Waals surface area contributed by atoms with E-state index in [2.05, 4.69) is 11.3 Å². The molecule has 2 aliphatic rings. The molecule has 0 amide bonds. The predicted octanol–water partition coefficient (Wildman–Crippen LogP) is 2.54. The molecule has 2 aliphatic carbocycles. The average Bonchev–Trinajstić information content (AvgIpc) is 2.75. The molecule has 0 aromatic heterocycles. The molecule has 0 N–H and O–H groups in total. The van der Waals surface area contributed by atoms with Crippen molar-refractivity contribution in [2.75, 3.05) is 6.61 Å². The number of carbonyl (C=O) groups is 1. The molecule has 2 saturated carbocycles. The van der Waals surface area contributed by atoms with Gasteiger partial charge in [-0.05, 0) is 25.2 Å². The first-order valence-corrected chi connectivity index (χ1v) is 5.07. The Morgan fingerprint density at radius 2 is 2.15 bits per heavy atom. The van der Waals surface area contributed by atoms with E-state index in [9.17, 15) is 4.79 Å². The second-order valence-electron chi connectivity index (χ2n) is 3.64. The van der Waals surface area contributed by atoms with Crippen molar-refractivity contribution >= 4 is 5.97 Å². The highest BCUT2D eigenvalue weighted by Gasteiger charge is 2.40. The Labute approximate surface area is 80.0 Å². The quantitative estimate of drug-likeness (QED) is 0.484. The minimum Gasteiger partial charge on any atom is -0.463 e. The Bertz CT molecular complexity index is 179. The molecular weight excluding hydrogens is 164 g/mol. The number of rotatable bonds is 2. The predicted molar refractivity (Wildman–Crippen MR) is 52.3 cm³/mol. The van der Waals surface area contributed by atoms with Crippen molar-refractivity contribution in [1.29, 1.82) is 0 Å². The molecule has 2 unspecified atom stereocenters. The molecular formula is C11H18O2. The third-order valence-electron chi connectivity index (χ3n) is 2.67. The molecule has 2 fully saturated rings. The zero-order valence-electron chi connectivity index (χ0n) is 8.29. The van der Waals surface area contributed by atoms with Crippen molar-refractivity contribution < 1.29 is 9.53 Å². The largest absolute Gasteiger partial charge is 0.463 e. The maximum Gasteiger partial charge on any atom is 0.330 e. The summed E-state index contributed by atoms with van der Waals surface area (Å²) in [4.78, 5) is 10.1. The normalized spacial score (nSPS) is 28.1. The summed E-state index contributed by atoms with van der Waals surface area (Å²) in [7, 11) is 0. The van der Waals surface area contributed by atoms with Crippen LogP contribution < -0.4 is 0 Å². The van der Waals surface area contributed by atoms with Gasteiger partial charge in [0.25, 0.3) is 0 Å². The van der Waals surface area contributed by atoms with Gasteiger partial charge in [-0.15, -0.1) is 0 Å². The fraction of sp³-hybridized carbons (Fsp3) is 0.727. The fourth-order valence-electron chi connectivity index (χ4n) is 1.86. The van der Waals surface area contributed by atoms with E-state index in [1.54, 1.807) is 26.2 Å². The molecule has 0 saturated heterocycles. The molecule has 2 rings (SSSR count). The lowest BCUT2D eigenvalue weighted by molar-refractivity contribution is -0.137. The number of esters is 1. The van der Waals surface area contributed by atoms with Crippen molar-refractivity contribution in [2.45, 2.75) is 32.6 Å². The van der Waals surface area contributed by atoms with Crippen molar-refractivity contribution in [3.05, 3.63) is 12.7 Å². The van der Waals surface area contributed by atoms with Crippen LogP contribution in [0.15, 0.2) is 12.7 Å². The minimum atomic E-state index is -0.359. The van der Waals surface area contributed by atoms with Gasteiger partial charge in [0.2, 0.25) is 0 Å². The van der Waals surface area contributed by atoms with Gasteiger partial charge in [0.05, 0.1) is 6.61 Å². The van der Waals surface area contributed by atoms with Gasteiger partial charge in [-0.1, -0.05) is 25.8 Å². The van der Waals surface area contributed by atoms with Gasteiger partial charge >= 0.3 is 5.97 Å². The Morgan fingerprint density at radius 1 is 1.54 bits per heavy atom. The number of carbonyl (C=O) groups excluding carboxylic acids is 1. The first kappa shape index (κ1) is 10.3. The van der Waals surface area contributed by atoms with Crippen LogP contribution in [0.1, 0.15) is 32.6 Å². The smallest absolute Gasteiger partial charge is 0.330 e. The van der Waals surface area contributed by atoms with Crippen LogP contribution in [0.5, 0.6) is 0 Å². The number of ether oxygens (including phenoxy) is 1. The van der Waals surface area contributed by atoms with Gasteiger partial charge in [-0.25, -0.2) is 4.79 Å². The standard InChI is InChI=1S/C6H10.C5H8O2/c1-2-5-4-6(5)3-1;1-3-5(6)7-4-2/h5-6H,1-4H2;3H,1,4H2,2H3. The van der Waals surface area contributed by atoms with Crippen LogP contribution >= 0.6 is 0 Å². The Kier molecular flexibility index (Phi) is 4.00. The highest BCUT2D eigenvalue weighted by molar-refractivity contribution is 5.81. The zero-order valence-corrected chi connectivity index (χ0v) is 8.29. The third kappa shape index (κ3) is 3.62. The molecule has 2 atom stereocenters. The van der Waals surface area contributed by atoms with Crippen LogP contribution in [-0.2, 0) is 9.53 Å². The molecule has 0 aromatic carbocycles. The summed E-state index contributed by atoms with van der Waals surface area (Å²) in [6.07, 6.45) is 7.38. The van der Waals surface area contributed by atoms with Crippen LogP contribution in [0, 0.1) is 11.8 Å². The number of hydrogen-bond acceptors (Lipinski definition) is 2. The highest BCUT2D eigenvalue weighted by Crippen LogP contribution is 2.51. The fourth-order valence-corrected chi connectivity index (χ4v) is 1.86. The first-order chi connectivity index (χ1) is 6.27. The summed E-state index contributed by atoms with van der Waals surface area (Å²) in [5.41, 5.74) is 0. The van der Waals surface area contributed by atoms with Crippen LogP contribution in [-0.4, -0.2) is 12.6 Å². The minimum absolute atomic E-state index is 0.359.